The van der Waals surface area contributed by atoms with Gasteiger partial charge >= 0.3 is 5.97 Å². The predicted octanol–water partition coefficient (Wildman–Crippen LogP) is 0.855. The highest BCUT2D eigenvalue weighted by atomic mass is 32.2. The number of carboxylic acid groups (broad SMARTS) is 1. The third-order valence-corrected chi connectivity index (χ3v) is 4.51. The summed E-state index contributed by atoms with van der Waals surface area (Å²) in [6.07, 6.45) is 0. The molecule has 0 aliphatic carbocycles. The zero-order valence-corrected chi connectivity index (χ0v) is 12.0. The molecule has 1 aromatic rings. The number of sulfonamides is 1. The Labute approximate surface area is 112 Å². The van der Waals surface area contributed by atoms with Gasteiger partial charge in [-0.05, 0) is 6.92 Å². The first-order valence-corrected chi connectivity index (χ1v) is 7.50. The molecule has 0 radical (unpaired) electrons. The van der Waals surface area contributed by atoms with Crippen molar-refractivity contribution in [3.63, 3.8) is 0 Å². The van der Waals surface area contributed by atoms with E-state index in [9.17, 15) is 13.2 Å². The Morgan fingerprint density at radius 2 is 2.21 bits per heavy atom. The first-order chi connectivity index (χ1) is 8.76. The summed E-state index contributed by atoms with van der Waals surface area (Å²) in [5.74, 6) is -1.53. The molecule has 0 aliphatic heterocycles. The van der Waals surface area contributed by atoms with Gasteiger partial charge in [0.15, 0.2) is 0 Å². The zero-order chi connectivity index (χ0) is 14.6. The minimum absolute atomic E-state index is 0.0506. The van der Waals surface area contributed by atoms with Crippen molar-refractivity contribution in [3.8, 4) is 0 Å². The third kappa shape index (κ3) is 4.32. The molecule has 0 saturated heterocycles. The highest BCUT2D eigenvalue weighted by Gasteiger charge is 2.26. The molecule has 0 saturated carbocycles. The number of aromatic nitrogens is 1. The van der Waals surface area contributed by atoms with E-state index in [4.69, 9.17) is 9.63 Å². The fourth-order valence-electron chi connectivity index (χ4n) is 1.59. The van der Waals surface area contributed by atoms with E-state index in [2.05, 4.69) is 5.16 Å². The largest absolute Gasteiger partial charge is 0.481 e. The summed E-state index contributed by atoms with van der Waals surface area (Å²) in [4.78, 5) is 10.8. The molecule has 1 aromatic heterocycles. The lowest BCUT2D eigenvalue weighted by atomic mass is 10.2. The molecule has 19 heavy (non-hydrogen) atoms. The van der Waals surface area contributed by atoms with Gasteiger partial charge in [-0.2, -0.15) is 0 Å². The minimum Gasteiger partial charge on any atom is -0.481 e. The molecule has 0 spiro atoms. The molecule has 0 fully saturated rings. The van der Waals surface area contributed by atoms with E-state index in [1.807, 2.05) is 0 Å². The van der Waals surface area contributed by atoms with Gasteiger partial charge in [0.1, 0.15) is 17.2 Å². The molecular formula is C11H18N2O5S. The van der Waals surface area contributed by atoms with Crippen LogP contribution >= 0.6 is 0 Å². The molecule has 108 valence electrons. The average Bonchev–Trinajstić information content (AvgIpc) is 2.69. The van der Waals surface area contributed by atoms with Crippen LogP contribution < -0.4 is 0 Å². The maximum Gasteiger partial charge on any atom is 0.307 e. The Kier molecular flexibility index (Phi) is 5.07. The lowest BCUT2D eigenvalue weighted by Crippen LogP contribution is -2.37. The van der Waals surface area contributed by atoms with Gasteiger partial charge < -0.3 is 9.63 Å². The molecular weight excluding hydrogens is 272 g/mol. The van der Waals surface area contributed by atoms with Crippen LogP contribution in [0.2, 0.25) is 0 Å². The van der Waals surface area contributed by atoms with Crippen molar-refractivity contribution >= 4 is 16.0 Å². The number of carboxylic acids is 1. The van der Waals surface area contributed by atoms with Crippen LogP contribution in [0, 0.1) is 12.8 Å². The third-order valence-electron chi connectivity index (χ3n) is 2.65. The quantitative estimate of drug-likeness (QED) is 0.799. The Morgan fingerprint density at radius 1 is 1.58 bits per heavy atom. The number of carbonyl (C=O) groups is 1. The van der Waals surface area contributed by atoms with Gasteiger partial charge in [-0.1, -0.05) is 19.0 Å². The van der Waals surface area contributed by atoms with Crippen LogP contribution in [0.3, 0.4) is 0 Å². The van der Waals surface area contributed by atoms with Crippen molar-refractivity contribution in [1.82, 2.24) is 9.46 Å². The number of rotatable bonds is 7. The summed E-state index contributed by atoms with van der Waals surface area (Å²) >= 11 is 0. The Bertz CT molecular complexity index is 537. The van der Waals surface area contributed by atoms with Crippen LogP contribution in [0.4, 0.5) is 0 Å². The van der Waals surface area contributed by atoms with Crippen LogP contribution in [0.15, 0.2) is 10.6 Å². The molecule has 8 heteroatoms. The molecule has 1 rings (SSSR count). The second-order valence-corrected chi connectivity index (χ2v) is 6.34. The highest BCUT2D eigenvalue weighted by molar-refractivity contribution is 7.88. The molecule has 7 nitrogen and oxygen atoms in total. The second kappa shape index (κ2) is 6.16. The van der Waals surface area contributed by atoms with Crippen molar-refractivity contribution in [2.45, 2.75) is 26.5 Å². The fourth-order valence-corrected chi connectivity index (χ4v) is 3.12. The number of aliphatic carboxylic acids is 1. The standard InChI is InChI=1S/C11H18N2O5S/c1-4-13(6-8(2)11(14)15)19(16,17)7-10-5-9(3)18-12-10/h5,8H,4,6-7H2,1-3H3,(H,14,15). The average molecular weight is 290 g/mol. The lowest BCUT2D eigenvalue weighted by molar-refractivity contribution is -0.141. The van der Waals surface area contributed by atoms with Crippen LogP contribution in [-0.2, 0) is 20.6 Å². The summed E-state index contributed by atoms with van der Waals surface area (Å²) in [5, 5.41) is 12.5. The van der Waals surface area contributed by atoms with Crippen LogP contribution in [-0.4, -0.2) is 42.0 Å². The first kappa shape index (κ1) is 15.6. The molecule has 0 aromatic carbocycles. The van der Waals surface area contributed by atoms with Gasteiger partial charge in [0.2, 0.25) is 10.0 Å². The monoisotopic (exact) mass is 290 g/mol. The van der Waals surface area contributed by atoms with Gasteiger partial charge in [-0.3, -0.25) is 4.79 Å². The Hall–Kier alpha value is -1.41. The SMILES string of the molecule is CCN(CC(C)C(=O)O)S(=O)(=O)Cc1cc(C)on1. The summed E-state index contributed by atoms with van der Waals surface area (Å²) in [6, 6.07) is 1.55. The maximum atomic E-state index is 12.1. The first-order valence-electron chi connectivity index (χ1n) is 5.89. The van der Waals surface area contributed by atoms with Gasteiger partial charge in [0.25, 0.3) is 0 Å². The zero-order valence-electron chi connectivity index (χ0n) is 11.2. The second-order valence-electron chi connectivity index (χ2n) is 4.38. The molecule has 1 atom stereocenters. The summed E-state index contributed by atoms with van der Waals surface area (Å²) in [7, 11) is -3.59. The van der Waals surface area contributed by atoms with E-state index >= 15 is 0 Å². The smallest absolute Gasteiger partial charge is 0.307 e. The summed E-state index contributed by atoms with van der Waals surface area (Å²) < 4.78 is 30.3. The Balaban J connectivity index is 2.81. The fraction of sp³-hybridized carbons (Fsp3) is 0.636. The van der Waals surface area contributed by atoms with Crippen LogP contribution in [0.5, 0.6) is 0 Å². The van der Waals surface area contributed by atoms with Crippen molar-refractivity contribution in [1.29, 1.82) is 0 Å². The lowest BCUT2D eigenvalue weighted by Gasteiger charge is -2.21. The van der Waals surface area contributed by atoms with Crippen LogP contribution in [0.1, 0.15) is 25.3 Å². The van der Waals surface area contributed by atoms with Crippen molar-refractivity contribution in [3.05, 3.63) is 17.5 Å². The van der Waals surface area contributed by atoms with Gasteiger partial charge in [0, 0.05) is 19.2 Å². The normalized spacial score (nSPS) is 13.7. The molecule has 0 aliphatic rings. The number of hydrogen-bond acceptors (Lipinski definition) is 5. The Morgan fingerprint density at radius 3 is 2.63 bits per heavy atom. The maximum absolute atomic E-state index is 12.1. The molecule has 0 bridgehead atoms. The number of nitrogens with zero attached hydrogens (tertiary/aromatic N) is 2. The highest BCUT2D eigenvalue weighted by Crippen LogP contribution is 2.13. The van der Waals surface area contributed by atoms with E-state index < -0.39 is 21.9 Å². The molecule has 1 N–H and O–H groups in total. The number of aryl methyl sites for hydroxylation is 1. The van der Waals surface area contributed by atoms with Gasteiger partial charge in [-0.25, -0.2) is 12.7 Å². The minimum atomic E-state index is -3.59. The van der Waals surface area contributed by atoms with Crippen molar-refractivity contribution in [2.24, 2.45) is 5.92 Å². The van der Waals surface area contributed by atoms with E-state index in [-0.39, 0.29) is 18.8 Å². The topological polar surface area (TPSA) is 101 Å². The molecule has 1 unspecified atom stereocenters. The van der Waals surface area contributed by atoms with Crippen molar-refractivity contribution in [2.75, 3.05) is 13.1 Å². The van der Waals surface area contributed by atoms with E-state index in [0.717, 1.165) is 4.31 Å². The predicted molar refractivity (Wildman–Crippen MR) is 67.9 cm³/mol. The summed E-state index contributed by atoms with van der Waals surface area (Å²) in [5.41, 5.74) is 0.318. The van der Waals surface area contributed by atoms with Gasteiger partial charge in [0.05, 0.1) is 5.92 Å². The van der Waals surface area contributed by atoms with Crippen LogP contribution in [0.25, 0.3) is 0 Å². The van der Waals surface area contributed by atoms with E-state index in [1.54, 1.807) is 19.9 Å². The van der Waals surface area contributed by atoms with Gasteiger partial charge in [-0.15, -0.1) is 0 Å². The number of hydrogen-bond donors (Lipinski definition) is 1. The molecule has 1 heterocycles. The molecule has 0 amide bonds. The van der Waals surface area contributed by atoms with E-state index in [0.29, 0.717) is 11.5 Å². The summed E-state index contributed by atoms with van der Waals surface area (Å²) in [6.45, 7) is 4.98. The van der Waals surface area contributed by atoms with E-state index in [1.165, 1.54) is 6.92 Å². The van der Waals surface area contributed by atoms with Crippen molar-refractivity contribution < 1.29 is 22.8 Å².